The Morgan fingerprint density at radius 2 is 1.76 bits per heavy atom. The monoisotopic (exact) mass is 388 g/mol. The third-order valence-electron chi connectivity index (χ3n) is 4.51. The van der Waals surface area contributed by atoms with Crippen LogP contribution in [-0.4, -0.2) is 42.6 Å². The quantitative estimate of drug-likeness (QED) is 0.631. The van der Waals surface area contributed by atoms with Gasteiger partial charge in [-0.1, -0.05) is 29.3 Å². The summed E-state index contributed by atoms with van der Waals surface area (Å²) in [6, 6.07) is 4.52. The Kier molecular flexibility index (Phi) is 5.76. The summed E-state index contributed by atoms with van der Waals surface area (Å²) in [5, 5.41) is 11.2. The molecule has 0 saturated heterocycles. The van der Waals surface area contributed by atoms with Gasteiger partial charge in [0.2, 0.25) is 0 Å². The number of methoxy groups -OCH3 is 2. The molecule has 136 valence electrons. The second-order valence-corrected chi connectivity index (χ2v) is 7.02. The molecule has 1 aliphatic rings. The minimum absolute atomic E-state index is 0.198. The first kappa shape index (κ1) is 19.7. The smallest absolute Gasteiger partial charge is 0.316 e. The molecule has 0 unspecified atom stereocenters. The van der Waals surface area contributed by atoms with E-state index in [1.165, 1.54) is 26.2 Å². The number of hydrogen-bond acceptors (Lipinski definition) is 6. The number of carbonyl (C=O) groups excluding carboxylic acids is 3. The van der Waals surface area contributed by atoms with Crippen molar-refractivity contribution in [3.63, 3.8) is 0 Å². The first-order valence-electron chi connectivity index (χ1n) is 7.49. The Bertz CT molecular complexity index is 715. The van der Waals surface area contributed by atoms with Crippen molar-refractivity contribution in [1.82, 2.24) is 0 Å². The molecule has 4 atom stereocenters. The van der Waals surface area contributed by atoms with E-state index in [0.717, 1.165) is 7.11 Å². The van der Waals surface area contributed by atoms with E-state index in [1.54, 1.807) is 6.07 Å². The highest BCUT2D eigenvalue weighted by molar-refractivity contribution is 6.42. The van der Waals surface area contributed by atoms with Gasteiger partial charge in [-0.15, -0.1) is 0 Å². The molecule has 0 bridgehead atoms. The molecule has 25 heavy (non-hydrogen) atoms. The van der Waals surface area contributed by atoms with Crippen molar-refractivity contribution in [2.75, 3.05) is 14.2 Å². The highest BCUT2D eigenvalue weighted by atomic mass is 35.5. The van der Waals surface area contributed by atoms with Crippen molar-refractivity contribution in [2.24, 2.45) is 11.8 Å². The number of aliphatic hydroxyl groups is 1. The van der Waals surface area contributed by atoms with Crippen LogP contribution in [0.15, 0.2) is 18.2 Å². The van der Waals surface area contributed by atoms with Gasteiger partial charge in [-0.2, -0.15) is 0 Å². The van der Waals surface area contributed by atoms with E-state index < -0.39 is 41.1 Å². The molecule has 0 spiro atoms. The zero-order valence-electron chi connectivity index (χ0n) is 13.9. The van der Waals surface area contributed by atoms with Crippen molar-refractivity contribution >= 4 is 40.9 Å². The third kappa shape index (κ3) is 3.66. The number of carbonyl (C=O) groups is 3. The predicted molar refractivity (Wildman–Crippen MR) is 90.5 cm³/mol. The molecular weight excluding hydrogens is 371 g/mol. The maximum atomic E-state index is 12.5. The van der Waals surface area contributed by atoms with Crippen LogP contribution in [0.1, 0.15) is 24.8 Å². The lowest BCUT2D eigenvalue weighted by Crippen LogP contribution is -2.55. The van der Waals surface area contributed by atoms with Gasteiger partial charge in [0, 0.05) is 12.3 Å². The van der Waals surface area contributed by atoms with Crippen LogP contribution in [0, 0.1) is 11.8 Å². The van der Waals surface area contributed by atoms with E-state index in [4.69, 9.17) is 32.7 Å². The van der Waals surface area contributed by atoms with Crippen LogP contribution in [0.5, 0.6) is 0 Å². The van der Waals surface area contributed by atoms with Crippen LogP contribution in [0.3, 0.4) is 0 Å². The van der Waals surface area contributed by atoms with Crippen LogP contribution in [0.2, 0.25) is 10.0 Å². The number of rotatable bonds is 3. The summed E-state index contributed by atoms with van der Waals surface area (Å²) in [5.41, 5.74) is -1.28. The van der Waals surface area contributed by atoms with Crippen molar-refractivity contribution in [2.45, 2.75) is 24.9 Å². The van der Waals surface area contributed by atoms with Crippen LogP contribution in [-0.2, 0) is 23.9 Å². The van der Waals surface area contributed by atoms with E-state index >= 15 is 0 Å². The lowest BCUT2D eigenvalue weighted by molar-refractivity contribution is -0.170. The molecule has 1 N–H and O–H groups in total. The summed E-state index contributed by atoms with van der Waals surface area (Å²) < 4.78 is 9.55. The van der Waals surface area contributed by atoms with Gasteiger partial charge >= 0.3 is 11.9 Å². The van der Waals surface area contributed by atoms with Crippen molar-refractivity contribution in [3.05, 3.63) is 33.8 Å². The number of halogens is 2. The topological polar surface area (TPSA) is 89.9 Å². The zero-order chi connectivity index (χ0) is 18.9. The standard InChI is InChI=1S/C17H18Cl2O6/c1-17(23)7-11(20)13(15(21)24-2)12(14(17)16(22)25-3)8-4-5-9(18)10(19)6-8/h4-6,12-14,23H,7H2,1-3H3/t12-,13+,14-,17-/m1/s1. The third-order valence-corrected chi connectivity index (χ3v) is 5.25. The van der Waals surface area contributed by atoms with Gasteiger partial charge < -0.3 is 14.6 Å². The molecule has 6 nitrogen and oxygen atoms in total. The molecule has 1 saturated carbocycles. The average molecular weight is 389 g/mol. The first-order valence-corrected chi connectivity index (χ1v) is 8.25. The minimum atomic E-state index is -1.69. The van der Waals surface area contributed by atoms with Crippen molar-refractivity contribution < 1.29 is 29.0 Å². The summed E-state index contributed by atoms with van der Waals surface area (Å²) >= 11 is 12.0. The Labute approximate surface area is 155 Å². The fourth-order valence-corrected chi connectivity index (χ4v) is 3.70. The summed E-state index contributed by atoms with van der Waals surface area (Å²) in [5.74, 6) is -5.45. The number of benzene rings is 1. The van der Waals surface area contributed by atoms with E-state index in [9.17, 15) is 19.5 Å². The Morgan fingerprint density at radius 3 is 2.28 bits per heavy atom. The number of esters is 2. The lowest BCUT2D eigenvalue weighted by Gasteiger charge is -2.43. The summed E-state index contributed by atoms with van der Waals surface area (Å²) in [7, 11) is 2.33. The molecule has 0 heterocycles. The van der Waals surface area contributed by atoms with Gasteiger partial charge in [0.05, 0.1) is 35.8 Å². The molecule has 0 aliphatic heterocycles. The molecule has 1 aromatic carbocycles. The summed E-state index contributed by atoms with van der Waals surface area (Å²) in [4.78, 5) is 37.2. The van der Waals surface area contributed by atoms with Gasteiger partial charge in [0.1, 0.15) is 5.92 Å². The molecule has 8 heteroatoms. The van der Waals surface area contributed by atoms with Crippen LogP contribution in [0.4, 0.5) is 0 Å². The van der Waals surface area contributed by atoms with Gasteiger partial charge in [-0.3, -0.25) is 14.4 Å². The van der Waals surface area contributed by atoms with Crippen LogP contribution in [0.25, 0.3) is 0 Å². The Morgan fingerprint density at radius 1 is 1.16 bits per heavy atom. The second-order valence-electron chi connectivity index (χ2n) is 6.20. The fourth-order valence-electron chi connectivity index (χ4n) is 3.39. The number of ketones is 1. The SMILES string of the molecule is COC(=O)[C@H]1C(=O)C[C@@](C)(O)[C@@H](C(=O)OC)[C@@H]1c1ccc(Cl)c(Cl)c1. The highest BCUT2D eigenvalue weighted by Gasteiger charge is 2.56. The second kappa shape index (κ2) is 7.32. The predicted octanol–water partition coefficient (Wildman–Crippen LogP) is 2.38. The molecular formula is C17H18Cl2O6. The van der Waals surface area contributed by atoms with Crippen LogP contribution >= 0.6 is 23.2 Å². The molecule has 1 aromatic rings. The lowest BCUT2D eigenvalue weighted by atomic mass is 9.62. The number of hydrogen-bond donors (Lipinski definition) is 1. The minimum Gasteiger partial charge on any atom is -0.469 e. The maximum absolute atomic E-state index is 12.5. The van der Waals surface area contributed by atoms with Gasteiger partial charge in [0.15, 0.2) is 5.78 Å². The van der Waals surface area contributed by atoms with E-state index in [-0.39, 0.29) is 16.5 Å². The van der Waals surface area contributed by atoms with Gasteiger partial charge in [-0.05, 0) is 24.6 Å². The van der Waals surface area contributed by atoms with E-state index in [2.05, 4.69) is 0 Å². The van der Waals surface area contributed by atoms with Gasteiger partial charge in [-0.25, -0.2) is 0 Å². The maximum Gasteiger partial charge on any atom is 0.316 e. The van der Waals surface area contributed by atoms with Gasteiger partial charge in [0.25, 0.3) is 0 Å². The van der Waals surface area contributed by atoms with Crippen molar-refractivity contribution in [3.8, 4) is 0 Å². The van der Waals surface area contributed by atoms with E-state index in [0.29, 0.717) is 5.56 Å². The number of Topliss-reactive ketones (excluding diaryl/α,β-unsaturated/α-hetero) is 1. The van der Waals surface area contributed by atoms with Crippen LogP contribution < -0.4 is 0 Å². The molecule has 1 aliphatic carbocycles. The zero-order valence-corrected chi connectivity index (χ0v) is 15.4. The number of ether oxygens (including phenoxy) is 2. The largest absolute Gasteiger partial charge is 0.469 e. The molecule has 1 fully saturated rings. The highest BCUT2D eigenvalue weighted by Crippen LogP contribution is 2.47. The molecule has 0 amide bonds. The Hall–Kier alpha value is -1.63. The van der Waals surface area contributed by atoms with E-state index in [1.807, 2.05) is 0 Å². The molecule has 0 radical (unpaired) electrons. The normalized spacial score (nSPS) is 29.2. The Balaban J connectivity index is 2.68. The molecule has 0 aromatic heterocycles. The average Bonchev–Trinajstić information content (AvgIpc) is 2.54. The summed E-state index contributed by atoms with van der Waals surface area (Å²) in [6.45, 7) is 1.37. The summed E-state index contributed by atoms with van der Waals surface area (Å²) in [6.07, 6.45) is -0.371. The fraction of sp³-hybridized carbons (Fsp3) is 0.471. The van der Waals surface area contributed by atoms with Crippen molar-refractivity contribution in [1.29, 1.82) is 0 Å². The molecule has 2 rings (SSSR count). The first-order chi connectivity index (χ1) is 11.6.